The first-order valence-corrected chi connectivity index (χ1v) is 8.99. The second-order valence-electron chi connectivity index (χ2n) is 4.65. The molecule has 0 fully saturated rings. The molecule has 0 aliphatic rings. The van der Waals surface area contributed by atoms with Crippen molar-refractivity contribution in [1.29, 1.82) is 0 Å². The number of nitrogens with one attached hydrogen (secondary N) is 2. The van der Waals surface area contributed by atoms with Crippen molar-refractivity contribution in [3.8, 4) is 11.6 Å². The van der Waals surface area contributed by atoms with Crippen molar-refractivity contribution in [2.24, 2.45) is 0 Å². The van der Waals surface area contributed by atoms with Gasteiger partial charge in [-0.1, -0.05) is 23.7 Å². The molecule has 25 heavy (non-hydrogen) atoms. The molecule has 0 unspecified atom stereocenters. The van der Waals surface area contributed by atoms with Gasteiger partial charge in [0, 0.05) is 11.1 Å². The zero-order valence-corrected chi connectivity index (χ0v) is 15.0. The molecular weight excluding hydrogens is 370 g/mol. The van der Waals surface area contributed by atoms with Gasteiger partial charge in [-0.05, 0) is 25.1 Å². The van der Waals surface area contributed by atoms with E-state index in [0.29, 0.717) is 0 Å². The van der Waals surface area contributed by atoms with E-state index in [4.69, 9.17) is 21.1 Å². The van der Waals surface area contributed by atoms with E-state index in [0.717, 1.165) is 0 Å². The van der Waals surface area contributed by atoms with Crippen molar-refractivity contribution in [3.05, 3.63) is 41.4 Å². The van der Waals surface area contributed by atoms with Gasteiger partial charge < -0.3 is 9.47 Å². The molecule has 2 rings (SSSR count). The predicted molar refractivity (Wildman–Crippen MR) is 92.8 cm³/mol. The Morgan fingerprint density at radius 2 is 2.00 bits per heavy atom. The second kappa shape index (κ2) is 8.04. The number of anilines is 1. The first kappa shape index (κ1) is 18.8. The molecule has 0 spiro atoms. The summed E-state index contributed by atoms with van der Waals surface area (Å²) in [5, 5.41) is 2.56. The lowest BCUT2D eigenvalue weighted by Crippen LogP contribution is -2.34. The van der Waals surface area contributed by atoms with Crippen molar-refractivity contribution < 1.29 is 22.7 Å². The molecule has 10 heteroatoms. The standard InChI is InChI=1S/C15H16ClN3O5S/c1-3-24-11-6-4-5-7-12(11)25(21,22)19-15(20)18-13-8-10(16)9-14(17-13)23-2/h4-9H,3H2,1-2H3,(H2,17,18,19,20). The van der Waals surface area contributed by atoms with Crippen molar-refractivity contribution in [1.82, 2.24) is 9.71 Å². The monoisotopic (exact) mass is 385 g/mol. The third-order valence-corrected chi connectivity index (χ3v) is 4.47. The lowest BCUT2D eigenvalue weighted by molar-refractivity contribution is 0.256. The van der Waals surface area contributed by atoms with E-state index in [9.17, 15) is 13.2 Å². The number of carbonyl (C=O) groups excluding carboxylic acids is 1. The number of ether oxygens (including phenoxy) is 2. The number of hydrogen-bond acceptors (Lipinski definition) is 6. The number of methoxy groups -OCH3 is 1. The van der Waals surface area contributed by atoms with Crippen LogP contribution >= 0.6 is 11.6 Å². The highest BCUT2D eigenvalue weighted by molar-refractivity contribution is 7.90. The maximum Gasteiger partial charge on any atom is 0.334 e. The Balaban J connectivity index is 2.18. The Morgan fingerprint density at radius 3 is 2.68 bits per heavy atom. The van der Waals surface area contributed by atoms with Crippen LogP contribution in [-0.2, 0) is 10.0 Å². The minimum Gasteiger partial charge on any atom is -0.492 e. The summed E-state index contributed by atoms with van der Waals surface area (Å²) in [7, 11) is -2.75. The topological polar surface area (TPSA) is 107 Å². The SMILES string of the molecule is CCOc1ccccc1S(=O)(=O)NC(=O)Nc1cc(Cl)cc(OC)n1. The molecule has 2 amide bonds. The maximum absolute atomic E-state index is 12.4. The van der Waals surface area contributed by atoms with E-state index in [1.54, 1.807) is 13.0 Å². The number of benzene rings is 1. The van der Waals surface area contributed by atoms with Crippen LogP contribution in [0.15, 0.2) is 41.3 Å². The number of hydrogen-bond donors (Lipinski definition) is 2. The molecule has 1 aromatic heterocycles. The van der Waals surface area contributed by atoms with Crippen LogP contribution in [-0.4, -0.2) is 33.1 Å². The zero-order valence-electron chi connectivity index (χ0n) is 13.4. The van der Waals surface area contributed by atoms with Crippen LogP contribution in [0.1, 0.15) is 6.92 Å². The number of aromatic nitrogens is 1. The lowest BCUT2D eigenvalue weighted by Gasteiger charge is -2.12. The maximum atomic E-state index is 12.4. The quantitative estimate of drug-likeness (QED) is 0.791. The van der Waals surface area contributed by atoms with Crippen LogP contribution < -0.4 is 19.5 Å². The van der Waals surface area contributed by atoms with Gasteiger partial charge in [-0.2, -0.15) is 4.98 Å². The smallest absolute Gasteiger partial charge is 0.334 e. The van der Waals surface area contributed by atoms with Gasteiger partial charge in [-0.3, -0.25) is 5.32 Å². The molecule has 0 bridgehead atoms. The number of urea groups is 1. The number of carbonyl (C=O) groups is 1. The van der Waals surface area contributed by atoms with Crippen molar-refractivity contribution >= 4 is 33.5 Å². The number of sulfonamides is 1. The summed E-state index contributed by atoms with van der Waals surface area (Å²) in [5.74, 6) is 0.357. The third-order valence-electron chi connectivity index (χ3n) is 2.88. The van der Waals surface area contributed by atoms with Gasteiger partial charge in [0.1, 0.15) is 16.5 Å². The Morgan fingerprint density at radius 1 is 1.28 bits per heavy atom. The molecule has 1 heterocycles. The summed E-state index contributed by atoms with van der Waals surface area (Å²) >= 11 is 5.87. The van der Waals surface area contributed by atoms with E-state index in [1.807, 2.05) is 4.72 Å². The first-order chi connectivity index (χ1) is 11.9. The molecule has 2 aromatic rings. The summed E-state index contributed by atoms with van der Waals surface area (Å²) < 4.78 is 36.9. The van der Waals surface area contributed by atoms with E-state index < -0.39 is 16.1 Å². The fourth-order valence-electron chi connectivity index (χ4n) is 1.91. The largest absolute Gasteiger partial charge is 0.492 e. The molecule has 0 saturated carbocycles. The van der Waals surface area contributed by atoms with E-state index in [-0.39, 0.29) is 34.0 Å². The third kappa shape index (κ3) is 4.97. The summed E-state index contributed by atoms with van der Waals surface area (Å²) in [5.41, 5.74) is 0. The fraction of sp³-hybridized carbons (Fsp3) is 0.200. The average Bonchev–Trinajstić information content (AvgIpc) is 2.54. The minimum absolute atomic E-state index is 0.0372. The van der Waals surface area contributed by atoms with Crippen LogP contribution in [0.25, 0.3) is 0 Å². The highest BCUT2D eigenvalue weighted by Gasteiger charge is 2.22. The zero-order chi connectivity index (χ0) is 18.4. The van der Waals surface area contributed by atoms with Gasteiger partial charge in [0.25, 0.3) is 10.0 Å². The predicted octanol–water partition coefficient (Wildman–Crippen LogP) is 2.65. The van der Waals surface area contributed by atoms with Crippen LogP contribution in [0.4, 0.5) is 10.6 Å². The second-order valence-corrected chi connectivity index (χ2v) is 6.74. The molecule has 0 atom stereocenters. The molecule has 0 saturated heterocycles. The number of rotatable bonds is 6. The van der Waals surface area contributed by atoms with Crippen LogP contribution in [0, 0.1) is 0 Å². The number of halogens is 1. The average molecular weight is 386 g/mol. The van der Waals surface area contributed by atoms with Gasteiger partial charge in [-0.15, -0.1) is 0 Å². The summed E-state index contributed by atoms with van der Waals surface area (Å²) in [6.45, 7) is 2.01. The number of para-hydroxylation sites is 1. The van der Waals surface area contributed by atoms with Crippen LogP contribution in [0.2, 0.25) is 5.02 Å². The first-order valence-electron chi connectivity index (χ1n) is 7.13. The Bertz CT molecular complexity index is 873. The van der Waals surface area contributed by atoms with Gasteiger partial charge >= 0.3 is 6.03 Å². The molecule has 0 aliphatic heterocycles. The summed E-state index contributed by atoms with van der Waals surface area (Å²) in [4.78, 5) is 15.8. The Hall–Kier alpha value is -2.52. The minimum atomic E-state index is -4.14. The molecule has 0 radical (unpaired) electrons. The van der Waals surface area contributed by atoms with Crippen LogP contribution in [0.5, 0.6) is 11.6 Å². The number of amides is 2. The molecule has 1 aromatic carbocycles. The van der Waals surface area contributed by atoms with Crippen molar-refractivity contribution in [2.45, 2.75) is 11.8 Å². The Kier molecular flexibility index (Phi) is 6.05. The highest BCUT2D eigenvalue weighted by atomic mass is 35.5. The highest BCUT2D eigenvalue weighted by Crippen LogP contribution is 2.23. The van der Waals surface area contributed by atoms with Gasteiger partial charge in [0.05, 0.1) is 13.7 Å². The van der Waals surface area contributed by atoms with Crippen molar-refractivity contribution in [3.63, 3.8) is 0 Å². The Labute approximate surface area is 150 Å². The van der Waals surface area contributed by atoms with E-state index in [2.05, 4.69) is 10.3 Å². The normalized spacial score (nSPS) is 10.8. The molecule has 8 nitrogen and oxygen atoms in total. The number of nitrogens with zero attached hydrogens (tertiary/aromatic N) is 1. The van der Waals surface area contributed by atoms with E-state index >= 15 is 0 Å². The van der Waals surface area contributed by atoms with Crippen LogP contribution in [0.3, 0.4) is 0 Å². The summed E-state index contributed by atoms with van der Waals surface area (Å²) in [6, 6.07) is 7.79. The van der Waals surface area contributed by atoms with Gasteiger partial charge in [-0.25, -0.2) is 17.9 Å². The molecule has 134 valence electrons. The lowest BCUT2D eigenvalue weighted by atomic mass is 10.3. The van der Waals surface area contributed by atoms with Gasteiger partial charge in [0.2, 0.25) is 5.88 Å². The molecule has 0 aliphatic carbocycles. The fourth-order valence-corrected chi connectivity index (χ4v) is 3.16. The number of pyridine rings is 1. The van der Waals surface area contributed by atoms with Gasteiger partial charge in [0.15, 0.2) is 0 Å². The molecular formula is C15H16ClN3O5S. The van der Waals surface area contributed by atoms with Crippen molar-refractivity contribution in [2.75, 3.05) is 19.0 Å². The summed E-state index contributed by atoms with van der Waals surface area (Å²) in [6.07, 6.45) is 0. The molecule has 2 N–H and O–H groups in total. The van der Waals surface area contributed by atoms with E-state index in [1.165, 1.54) is 37.4 Å².